The minimum absolute atomic E-state index is 0.457. The van der Waals surface area contributed by atoms with Crippen LogP contribution in [0.1, 0.15) is 39.0 Å². The largest absolute Gasteiger partial charge is 0.385 e. The number of rotatable bonds is 5. The van der Waals surface area contributed by atoms with Gasteiger partial charge in [0.2, 0.25) is 0 Å². The zero-order valence-corrected chi connectivity index (χ0v) is 8.36. The summed E-state index contributed by atoms with van der Waals surface area (Å²) in [6.07, 6.45) is 6.43. The lowest BCUT2D eigenvalue weighted by Gasteiger charge is -2.27. The molecular formula is C10H21NO. The fourth-order valence-corrected chi connectivity index (χ4v) is 2.12. The predicted octanol–water partition coefficient (Wildman–Crippen LogP) is 1.95. The third kappa shape index (κ3) is 2.46. The summed E-state index contributed by atoms with van der Waals surface area (Å²) in [5.74, 6) is 0. The lowest BCUT2D eigenvalue weighted by atomic mass is 9.89. The van der Waals surface area contributed by atoms with Gasteiger partial charge in [-0.3, -0.25) is 0 Å². The van der Waals surface area contributed by atoms with Crippen molar-refractivity contribution < 1.29 is 4.74 Å². The molecule has 1 saturated heterocycles. The summed E-state index contributed by atoms with van der Waals surface area (Å²) in [6, 6.07) is 0. The Balaban J connectivity index is 2.24. The minimum Gasteiger partial charge on any atom is -0.385 e. The first-order valence-electron chi connectivity index (χ1n) is 5.07. The maximum absolute atomic E-state index is 5.06. The van der Waals surface area contributed by atoms with E-state index in [1.165, 1.54) is 38.6 Å². The van der Waals surface area contributed by atoms with Crippen LogP contribution < -0.4 is 5.32 Å². The Morgan fingerprint density at radius 3 is 2.83 bits per heavy atom. The van der Waals surface area contributed by atoms with Gasteiger partial charge in [-0.2, -0.15) is 0 Å². The number of hydrogen-bond acceptors (Lipinski definition) is 2. The molecule has 0 spiro atoms. The van der Waals surface area contributed by atoms with Gasteiger partial charge in [0.1, 0.15) is 0 Å². The Hall–Kier alpha value is -0.0800. The van der Waals surface area contributed by atoms with E-state index in [1.807, 2.05) is 0 Å². The van der Waals surface area contributed by atoms with E-state index in [0.29, 0.717) is 5.54 Å². The van der Waals surface area contributed by atoms with Gasteiger partial charge in [-0.1, -0.05) is 6.92 Å². The van der Waals surface area contributed by atoms with Crippen LogP contribution in [0.3, 0.4) is 0 Å². The highest BCUT2D eigenvalue weighted by Gasteiger charge is 2.30. The average Bonchev–Trinajstić information content (AvgIpc) is 2.55. The molecule has 0 aromatic carbocycles. The van der Waals surface area contributed by atoms with E-state index in [9.17, 15) is 0 Å². The highest BCUT2D eigenvalue weighted by atomic mass is 16.5. The maximum Gasteiger partial charge on any atom is 0.0462 e. The topological polar surface area (TPSA) is 21.3 Å². The van der Waals surface area contributed by atoms with Gasteiger partial charge < -0.3 is 10.1 Å². The van der Waals surface area contributed by atoms with Gasteiger partial charge in [0.25, 0.3) is 0 Å². The van der Waals surface area contributed by atoms with Gasteiger partial charge >= 0.3 is 0 Å². The van der Waals surface area contributed by atoms with Crippen molar-refractivity contribution in [3.63, 3.8) is 0 Å². The Kier molecular flexibility index (Phi) is 4.02. The molecule has 1 heterocycles. The van der Waals surface area contributed by atoms with Gasteiger partial charge in [0.15, 0.2) is 0 Å². The van der Waals surface area contributed by atoms with E-state index in [0.717, 1.165) is 6.61 Å². The van der Waals surface area contributed by atoms with E-state index in [1.54, 1.807) is 7.11 Å². The monoisotopic (exact) mass is 171 g/mol. The summed E-state index contributed by atoms with van der Waals surface area (Å²) in [5, 5.41) is 3.62. The minimum atomic E-state index is 0.457. The third-order valence-electron chi connectivity index (χ3n) is 3.01. The van der Waals surface area contributed by atoms with E-state index in [2.05, 4.69) is 12.2 Å². The lowest BCUT2D eigenvalue weighted by Crippen LogP contribution is -2.39. The number of nitrogens with one attached hydrogen (secondary N) is 1. The Morgan fingerprint density at radius 1 is 1.50 bits per heavy atom. The second-order valence-corrected chi connectivity index (χ2v) is 3.76. The number of ether oxygens (including phenoxy) is 1. The van der Waals surface area contributed by atoms with E-state index < -0.39 is 0 Å². The maximum atomic E-state index is 5.06. The second kappa shape index (κ2) is 4.83. The van der Waals surface area contributed by atoms with Crippen molar-refractivity contribution in [1.82, 2.24) is 5.32 Å². The molecule has 1 aliphatic rings. The van der Waals surface area contributed by atoms with Crippen molar-refractivity contribution in [2.24, 2.45) is 0 Å². The van der Waals surface area contributed by atoms with Gasteiger partial charge in [0, 0.05) is 19.3 Å². The first-order valence-corrected chi connectivity index (χ1v) is 5.07. The number of methoxy groups -OCH3 is 1. The van der Waals surface area contributed by atoms with Gasteiger partial charge in [-0.25, -0.2) is 0 Å². The molecule has 72 valence electrons. The molecule has 0 bridgehead atoms. The molecule has 0 aliphatic carbocycles. The van der Waals surface area contributed by atoms with Gasteiger partial charge in [0.05, 0.1) is 0 Å². The van der Waals surface area contributed by atoms with Crippen LogP contribution in [0, 0.1) is 0 Å². The van der Waals surface area contributed by atoms with Crippen molar-refractivity contribution in [3.05, 3.63) is 0 Å². The Morgan fingerprint density at radius 2 is 2.33 bits per heavy atom. The number of hydrogen-bond donors (Lipinski definition) is 1. The van der Waals surface area contributed by atoms with Gasteiger partial charge in [-0.15, -0.1) is 0 Å². The summed E-state index contributed by atoms with van der Waals surface area (Å²) in [7, 11) is 1.78. The first-order chi connectivity index (χ1) is 5.83. The molecule has 0 saturated carbocycles. The van der Waals surface area contributed by atoms with Crippen LogP contribution in [0.2, 0.25) is 0 Å². The lowest BCUT2D eigenvalue weighted by molar-refractivity contribution is 0.178. The molecule has 2 nitrogen and oxygen atoms in total. The quantitative estimate of drug-likeness (QED) is 0.638. The van der Waals surface area contributed by atoms with Crippen LogP contribution in [-0.4, -0.2) is 25.8 Å². The van der Waals surface area contributed by atoms with Crippen LogP contribution in [0.5, 0.6) is 0 Å². The molecule has 0 radical (unpaired) electrons. The van der Waals surface area contributed by atoms with Crippen molar-refractivity contribution >= 4 is 0 Å². The molecule has 0 aromatic rings. The van der Waals surface area contributed by atoms with E-state index >= 15 is 0 Å². The molecule has 1 atom stereocenters. The molecule has 1 N–H and O–H groups in total. The SMILES string of the molecule is CCC1(CCCOC)CCCN1. The fraction of sp³-hybridized carbons (Fsp3) is 1.00. The average molecular weight is 171 g/mol. The zero-order valence-electron chi connectivity index (χ0n) is 8.36. The Bertz CT molecular complexity index is 119. The molecule has 0 aromatic heterocycles. The van der Waals surface area contributed by atoms with Crippen molar-refractivity contribution in [2.75, 3.05) is 20.3 Å². The first kappa shape index (κ1) is 10.0. The van der Waals surface area contributed by atoms with Crippen molar-refractivity contribution in [1.29, 1.82) is 0 Å². The highest BCUT2D eigenvalue weighted by molar-refractivity contribution is 4.91. The van der Waals surface area contributed by atoms with E-state index in [4.69, 9.17) is 4.74 Å². The van der Waals surface area contributed by atoms with Crippen LogP contribution in [0.25, 0.3) is 0 Å². The summed E-state index contributed by atoms with van der Waals surface area (Å²) < 4.78 is 5.06. The van der Waals surface area contributed by atoms with Crippen LogP contribution in [0.4, 0.5) is 0 Å². The molecule has 12 heavy (non-hydrogen) atoms. The normalized spacial score (nSPS) is 29.5. The molecule has 1 unspecified atom stereocenters. The van der Waals surface area contributed by atoms with Crippen molar-refractivity contribution in [3.8, 4) is 0 Å². The molecule has 2 heteroatoms. The molecular weight excluding hydrogens is 150 g/mol. The zero-order chi connectivity index (χ0) is 8.86. The van der Waals surface area contributed by atoms with Crippen LogP contribution in [-0.2, 0) is 4.74 Å². The summed E-state index contributed by atoms with van der Waals surface area (Å²) in [4.78, 5) is 0. The van der Waals surface area contributed by atoms with E-state index in [-0.39, 0.29) is 0 Å². The summed E-state index contributed by atoms with van der Waals surface area (Å²) in [5.41, 5.74) is 0.457. The molecule has 1 rings (SSSR count). The molecule has 1 fully saturated rings. The molecule has 0 amide bonds. The third-order valence-corrected chi connectivity index (χ3v) is 3.01. The summed E-state index contributed by atoms with van der Waals surface area (Å²) >= 11 is 0. The predicted molar refractivity (Wildman–Crippen MR) is 51.4 cm³/mol. The second-order valence-electron chi connectivity index (χ2n) is 3.76. The van der Waals surface area contributed by atoms with Gasteiger partial charge in [-0.05, 0) is 38.6 Å². The Labute approximate surface area is 75.7 Å². The molecule has 1 aliphatic heterocycles. The summed E-state index contributed by atoms with van der Waals surface area (Å²) in [6.45, 7) is 4.40. The van der Waals surface area contributed by atoms with Crippen LogP contribution in [0.15, 0.2) is 0 Å². The van der Waals surface area contributed by atoms with Crippen LogP contribution >= 0.6 is 0 Å². The van der Waals surface area contributed by atoms with Crippen molar-refractivity contribution in [2.45, 2.75) is 44.6 Å². The smallest absolute Gasteiger partial charge is 0.0462 e. The fourth-order valence-electron chi connectivity index (χ4n) is 2.12. The highest BCUT2D eigenvalue weighted by Crippen LogP contribution is 2.27. The standard InChI is InChI=1S/C10H21NO/c1-3-10(6-4-8-11-10)7-5-9-12-2/h11H,3-9H2,1-2H3.